The van der Waals surface area contributed by atoms with E-state index < -0.39 is 17.2 Å². The molecule has 5 rings (SSSR count). The molecule has 7 heteroatoms. The van der Waals surface area contributed by atoms with Crippen molar-refractivity contribution in [2.75, 3.05) is 13.7 Å². The van der Waals surface area contributed by atoms with Gasteiger partial charge in [0.2, 0.25) is 5.82 Å². The zero-order chi connectivity index (χ0) is 25.4. The normalized spacial score (nSPS) is 14.7. The second-order valence-corrected chi connectivity index (χ2v) is 9.64. The maximum Gasteiger partial charge on any atom is 0.201 e. The zero-order valence-electron chi connectivity index (χ0n) is 20.9. The summed E-state index contributed by atoms with van der Waals surface area (Å²) < 4.78 is 37.0. The third kappa shape index (κ3) is 4.27. The number of ether oxygens (including phenoxy) is 1. The molecule has 0 atom stereocenters. The number of hydrogen-bond acceptors (Lipinski definition) is 4. The lowest BCUT2D eigenvalue weighted by Gasteiger charge is -2.35. The van der Waals surface area contributed by atoms with E-state index in [-0.39, 0.29) is 12.4 Å². The van der Waals surface area contributed by atoms with Crippen LogP contribution < -0.4 is 10.1 Å². The van der Waals surface area contributed by atoms with Gasteiger partial charge in [-0.3, -0.25) is 4.68 Å². The highest BCUT2D eigenvalue weighted by atomic mass is 19.2. The number of aliphatic hydroxyl groups is 1. The Morgan fingerprint density at radius 3 is 2.67 bits per heavy atom. The van der Waals surface area contributed by atoms with Gasteiger partial charge in [-0.2, -0.15) is 9.49 Å². The molecule has 1 aromatic heterocycles. The Bertz CT molecular complexity index is 1430. The Morgan fingerprint density at radius 2 is 1.94 bits per heavy atom. The van der Waals surface area contributed by atoms with Gasteiger partial charge in [-0.1, -0.05) is 30.3 Å². The number of nitrogens with zero attached hydrogens (tertiary/aromatic N) is 2. The highest BCUT2D eigenvalue weighted by Gasteiger charge is 2.41. The SMILES string of the molecule is CNCc1cccc2ccc(-c3ccc(F)c(F)c3OCCc3c(C4(O)CCC4)nn(C)c3C)cc12. The van der Waals surface area contributed by atoms with E-state index >= 15 is 4.39 Å². The minimum atomic E-state index is -1.00. The highest BCUT2D eigenvalue weighted by molar-refractivity contribution is 5.90. The lowest BCUT2D eigenvalue weighted by molar-refractivity contribution is -0.0437. The lowest BCUT2D eigenvalue weighted by Crippen LogP contribution is -2.35. The van der Waals surface area contributed by atoms with Crippen molar-refractivity contribution in [3.8, 4) is 16.9 Å². The molecule has 188 valence electrons. The fourth-order valence-electron chi connectivity index (χ4n) is 5.08. The summed E-state index contributed by atoms with van der Waals surface area (Å²) in [5, 5.41) is 20.8. The third-order valence-electron chi connectivity index (χ3n) is 7.38. The van der Waals surface area contributed by atoms with E-state index in [4.69, 9.17) is 4.74 Å². The van der Waals surface area contributed by atoms with E-state index in [9.17, 15) is 9.50 Å². The molecule has 0 unspecified atom stereocenters. The molecule has 36 heavy (non-hydrogen) atoms. The predicted octanol–water partition coefficient (Wildman–Crippen LogP) is 5.54. The van der Waals surface area contributed by atoms with Gasteiger partial charge in [0.15, 0.2) is 11.6 Å². The summed E-state index contributed by atoms with van der Waals surface area (Å²) in [6.45, 7) is 2.77. The van der Waals surface area contributed by atoms with Crippen LogP contribution in [0.15, 0.2) is 48.5 Å². The third-order valence-corrected chi connectivity index (χ3v) is 7.38. The lowest BCUT2D eigenvalue weighted by atomic mass is 9.76. The van der Waals surface area contributed by atoms with E-state index in [1.807, 2.05) is 51.4 Å². The largest absolute Gasteiger partial charge is 0.489 e. The molecule has 0 aliphatic heterocycles. The Labute approximate surface area is 209 Å². The van der Waals surface area contributed by atoms with Crippen LogP contribution in [0.4, 0.5) is 8.78 Å². The van der Waals surface area contributed by atoms with E-state index in [0.29, 0.717) is 37.1 Å². The molecule has 0 amide bonds. The minimum Gasteiger partial charge on any atom is -0.489 e. The molecule has 1 aliphatic carbocycles. The molecule has 4 aromatic rings. The number of halogens is 2. The van der Waals surface area contributed by atoms with Crippen molar-refractivity contribution in [2.24, 2.45) is 7.05 Å². The van der Waals surface area contributed by atoms with Crippen molar-refractivity contribution in [3.05, 3.63) is 82.7 Å². The van der Waals surface area contributed by atoms with Gasteiger partial charge in [0, 0.05) is 36.8 Å². The fourth-order valence-corrected chi connectivity index (χ4v) is 5.08. The Morgan fingerprint density at radius 1 is 1.14 bits per heavy atom. The van der Waals surface area contributed by atoms with Crippen molar-refractivity contribution in [2.45, 2.75) is 44.8 Å². The molecule has 1 heterocycles. The van der Waals surface area contributed by atoms with Gasteiger partial charge in [0.1, 0.15) is 5.60 Å². The van der Waals surface area contributed by atoms with Crippen LogP contribution in [0.1, 0.15) is 41.8 Å². The fraction of sp³-hybridized carbons (Fsp3) is 0.345. The summed E-state index contributed by atoms with van der Waals surface area (Å²) in [5.41, 5.74) is 3.96. The van der Waals surface area contributed by atoms with E-state index in [0.717, 1.165) is 45.6 Å². The van der Waals surface area contributed by atoms with Crippen LogP contribution in [0.3, 0.4) is 0 Å². The molecular weight excluding hydrogens is 460 g/mol. The van der Waals surface area contributed by atoms with Gasteiger partial charge >= 0.3 is 0 Å². The maximum atomic E-state index is 15.0. The number of aromatic nitrogens is 2. The molecule has 0 radical (unpaired) electrons. The van der Waals surface area contributed by atoms with Gasteiger partial charge in [0.05, 0.1) is 12.3 Å². The van der Waals surface area contributed by atoms with Gasteiger partial charge in [-0.25, -0.2) is 4.39 Å². The summed E-state index contributed by atoms with van der Waals surface area (Å²) in [4.78, 5) is 0. The maximum absolute atomic E-state index is 15.0. The summed E-state index contributed by atoms with van der Waals surface area (Å²) in [7, 11) is 3.74. The van der Waals surface area contributed by atoms with Crippen molar-refractivity contribution in [3.63, 3.8) is 0 Å². The number of nitrogens with one attached hydrogen (secondary N) is 1. The van der Waals surface area contributed by atoms with E-state index in [2.05, 4.69) is 16.5 Å². The molecule has 1 fully saturated rings. The number of benzene rings is 3. The minimum absolute atomic E-state index is 0.106. The van der Waals surface area contributed by atoms with Crippen LogP contribution in [0, 0.1) is 18.6 Å². The molecule has 2 N–H and O–H groups in total. The molecule has 0 spiro atoms. The second-order valence-electron chi connectivity index (χ2n) is 9.64. The summed E-state index contributed by atoms with van der Waals surface area (Å²) in [5.74, 6) is -2.06. The molecule has 0 bridgehead atoms. The van der Waals surface area contributed by atoms with Crippen molar-refractivity contribution in [1.29, 1.82) is 0 Å². The summed E-state index contributed by atoms with van der Waals surface area (Å²) in [6, 6.07) is 14.7. The summed E-state index contributed by atoms with van der Waals surface area (Å²) >= 11 is 0. The molecule has 5 nitrogen and oxygen atoms in total. The quantitative estimate of drug-likeness (QED) is 0.340. The van der Waals surface area contributed by atoms with Gasteiger partial charge in [0.25, 0.3) is 0 Å². The first-order valence-corrected chi connectivity index (χ1v) is 12.3. The first-order valence-electron chi connectivity index (χ1n) is 12.3. The van der Waals surface area contributed by atoms with Gasteiger partial charge in [-0.05, 0) is 73.3 Å². The van der Waals surface area contributed by atoms with Crippen molar-refractivity contribution in [1.82, 2.24) is 15.1 Å². The monoisotopic (exact) mass is 491 g/mol. The van der Waals surface area contributed by atoms with Crippen LogP contribution in [0.25, 0.3) is 21.9 Å². The molecular formula is C29H31F2N3O2. The predicted molar refractivity (Wildman–Crippen MR) is 137 cm³/mol. The Kier molecular flexibility index (Phi) is 6.53. The van der Waals surface area contributed by atoms with Crippen LogP contribution in [-0.2, 0) is 25.6 Å². The topological polar surface area (TPSA) is 59.3 Å². The van der Waals surface area contributed by atoms with Crippen LogP contribution in [-0.4, -0.2) is 28.5 Å². The number of fused-ring (bicyclic) bond motifs is 1. The van der Waals surface area contributed by atoms with Crippen LogP contribution in [0.5, 0.6) is 5.75 Å². The van der Waals surface area contributed by atoms with Gasteiger partial charge < -0.3 is 15.2 Å². The van der Waals surface area contributed by atoms with Gasteiger partial charge in [-0.15, -0.1) is 0 Å². The first-order chi connectivity index (χ1) is 17.3. The van der Waals surface area contributed by atoms with Crippen LogP contribution in [0.2, 0.25) is 0 Å². The smallest absolute Gasteiger partial charge is 0.201 e. The highest BCUT2D eigenvalue weighted by Crippen LogP contribution is 2.42. The second kappa shape index (κ2) is 9.64. The molecule has 3 aromatic carbocycles. The summed E-state index contributed by atoms with van der Waals surface area (Å²) in [6.07, 6.45) is 2.74. The molecule has 0 saturated heterocycles. The number of aryl methyl sites for hydroxylation is 1. The Balaban J connectivity index is 1.46. The Hall–Kier alpha value is -3.29. The molecule has 1 aliphatic rings. The van der Waals surface area contributed by atoms with Crippen molar-refractivity contribution < 1.29 is 18.6 Å². The average molecular weight is 492 g/mol. The van der Waals surface area contributed by atoms with E-state index in [1.54, 1.807) is 10.7 Å². The van der Waals surface area contributed by atoms with Crippen LogP contribution >= 0.6 is 0 Å². The van der Waals surface area contributed by atoms with Crippen molar-refractivity contribution >= 4 is 10.8 Å². The zero-order valence-corrected chi connectivity index (χ0v) is 20.9. The first kappa shape index (κ1) is 24.4. The molecule has 1 saturated carbocycles. The van der Waals surface area contributed by atoms with E-state index in [1.165, 1.54) is 0 Å². The standard InChI is InChI=1S/C29H31F2N3O2/c1-18-22(28(33-34(18)3)29(35)13-5-14-29)12-15-36-27-23(10-11-25(30)26(27)31)20-9-8-19-6-4-7-21(17-32-2)24(19)16-20/h4,6-11,16,32,35H,5,12-15,17H2,1-3H3. The average Bonchev–Trinajstić information content (AvgIpc) is 3.14. The number of rotatable bonds is 8. The number of hydrogen-bond donors (Lipinski definition) is 2.